The van der Waals surface area contributed by atoms with E-state index in [4.69, 9.17) is 21.6 Å². The fraction of sp³-hybridized carbons (Fsp3) is 0.438. The van der Waals surface area contributed by atoms with Gasteiger partial charge in [-0.15, -0.1) is 0 Å². The van der Waals surface area contributed by atoms with Crippen molar-refractivity contribution in [3.63, 3.8) is 0 Å². The molecule has 0 heterocycles. The molecule has 1 saturated carbocycles. The molecule has 1 aromatic rings. The van der Waals surface area contributed by atoms with E-state index in [-0.39, 0.29) is 22.9 Å². The number of carbonyl (C=O) groups is 2. The van der Waals surface area contributed by atoms with Crippen LogP contribution in [0.2, 0.25) is 5.02 Å². The fourth-order valence-corrected chi connectivity index (χ4v) is 2.48. The molecular weight excluding hydrogens is 323 g/mol. The summed E-state index contributed by atoms with van der Waals surface area (Å²) in [5.41, 5.74) is -0.919. The summed E-state index contributed by atoms with van der Waals surface area (Å²) in [6, 6.07) is 6.16. The Bertz CT molecular complexity index is 650. The highest BCUT2D eigenvalue weighted by Gasteiger charge is 2.43. The standard InChI is InChI=1S/C16H16ClFN2O3/c1-16(9-19,10-5-6-10)20-14(21)8-23-15(22)7-11-12(17)3-2-4-13(11)18/h2-4,10H,5-8H2,1H3,(H,20,21)/t16-/m0/s1. The first-order valence-electron chi connectivity index (χ1n) is 7.16. The minimum Gasteiger partial charge on any atom is -0.455 e. The van der Waals surface area contributed by atoms with Crippen LogP contribution >= 0.6 is 11.6 Å². The molecule has 0 unspecified atom stereocenters. The van der Waals surface area contributed by atoms with Crippen molar-refractivity contribution in [2.24, 2.45) is 5.92 Å². The van der Waals surface area contributed by atoms with Crippen LogP contribution in [0.3, 0.4) is 0 Å². The van der Waals surface area contributed by atoms with Gasteiger partial charge in [-0.1, -0.05) is 17.7 Å². The van der Waals surface area contributed by atoms with E-state index in [9.17, 15) is 14.0 Å². The van der Waals surface area contributed by atoms with E-state index >= 15 is 0 Å². The van der Waals surface area contributed by atoms with Crippen molar-refractivity contribution in [3.05, 3.63) is 34.6 Å². The number of nitriles is 1. The highest BCUT2D eigenvalue weighted by molar-refractivity contribution is 6.31. The van der Waals surface area contributed by atoms with Crippen molar-refractivity contribution in [2.45, 2.75) is 31.7 Å². The van der Waals surface area contributed by atoms with Gasteiger partial charge < -0.3 is 10.1 Å². The molecule has 1 aliphatic rings. The minimum atomic E-state index is -0.946. The molecule has 23 heavy (non-hydrogen) atoms. The Labute approximate surface area is 138 Å². The molecule has 0 aromatic heterocycles. The third kappa shape index (κ3) is 4.42. The number of benzene rings is 1. The van der Waals surface area contributed by atoms with Gasteiger partial charge in [-0.3, -0.25) is 9.59 Å². The number of nitrogens with one attached hydrogen (secondary N) is 1. The average molecular weight is 339 g/mol. The van der Waals surface area contributed by atoms with E-state index in [0.717, 1.165) is 12.8 Å². The predicted octanol–water partition coefficient (Wildman–Crippen LogP) is 2.37. The van der Waals surface area contributed by atoms with Crippen molar-refractivity contribution in [1.82, 2.24) is 5.32 Å². The molecule has 1 aromatic carbocycles. The van der Waals surface area contributed by atoms with Crippen LogP contribution < -0.4 is 5.32 Å². The molecule has 1 atom stereocenters. The molecule has 0 aliphatic heterocycles. The summed E-state index contributed by atoms with van der Waals surface area (Å²) in [4.78, 5) is 23.5. The number of hydrogen-bond donors (Lipinski definition) is 1. The second-order valence-corrected chi connectivity index (χ2v) is 6.08. The van der Waals surface area contributed by atoms with E-state index in [2.05, 4.69) is 11.4 Å². The van der Waals surface area contributed by atoms with Crippen molar-refractivity contribution in [1.29, 1.82) is 5.26 Å². The van der Waals surface area contributed by atoms with Gasteiger partial charge in [0.15, 0.2) is 6.61 Å². The third-order valence-corrected chi connectivity index (χ3v) is 4.13. The lowest BCUT2D eigenvalue weighted by atomic mass is 9.98. The van der Waals surface area contributed by atoms with Crippen LogP contribution in [0.25, 0.3) is 0 Å². The number of ether oxygens (including phenoxy) is 1. The Morgan fingerprint density at radius 1 is 1.52 bits per heavy atom. The van der Waals surface area contributed by atoms with Crippen LogP contribution in [-0.2, 0) is 20.7 Å². The minimum absolute atomic E-state index is 0.0272. The monoisotopic (exact) mass is 338 g/mol. The van der Waals surface area contributed by atoms with E-state index in [1.54, 1.807) is 6.92 Å². The van der Waals surface area contributed by atoms with Gasteiger partial charge in [0.05, 0.1) is 12.5 Å². The lowest BCUT2D eigenvalue weighted by Gasteiger charge is -2.22. The van der Waals surface area contributed by atoms with Gasteiger partial charge in [-0.05, 0) is 37.8 Å². The Hall–Kier alpha value is -2.13. The van der Waals surface area contributed by atoms with Gasteiger partial charge in [0.25, 0.3) is 5.91 Å². The Morgan fingerprint density at radius 3 is 2.78 bits per heavy atom. The molecule has 0 saturated heterocycles. The highest BCUT2D eigenvalue weighted by atomic mass is 35.5. The molecular formula is C16H16ClFN2O3. The zero-order valence-corrected chi connectivity index (χ0v) is 13.3. The Kier molecular flexibility index (Phi) is 5.22. The van der Waals surface area contributed by atoms with E-state index in [1.165, 1.54) is 18.2 Å². The van der Waals surface area contributed by atoms with Crippen molar-refractivity contribution in [3.8, 4) is 6.07 Å². The van der Waals surface area contributed by atoms with Crippen molar-refractivity contribution >= 4 is 23.5 Å². The summed E-state index contributed by atoms with van der Waals surface area (Å²) < 4.78 is 18.4. The second kappa shape index (κ2) is 6.97. The topological polar surface area (TPSA) is 79.2 Å². The number of halogens is 2. The van der Waals surface area contributed by atoms with Gasteiger partial charge >= 0.3 is 5.97 Å². The Morgan fingerprint density at radius 2 is 2.22 bits per heavy atom. The maximum absolute atomic E-state index is 13.6. The SMILES string of the molecule is C[C@@](C#N)(NC(=O)COC(=O)Cc1c(F)cccc1Cl)C1CC1. The maximum atomic E-state index is 13.6. The van der Waals surface area contributed by atoms with E-state index in [0.29, 0.717) is 0 Å². The summed E-state index contributed by atoms with van der Waals surface area (Å²) in [7, 11) is 0. The van der Waals surface area contributed by atoms with Crippen LogP contribution in [0.4, 0.5) is 4.39 Å². The number of rotatable bonds is 6. The first kappa shape index (κ1) is 17.2. The largest absolute Gasteiger partial charge is 0.455 e. The van der Waals surface area contributed by atoms with Gasteiger partial charge in [0.2, 0.25) is 0 Å². The highest BCUT2D eigenvalue weighted by Crippen LogP contribution is 2.39. The van der Waals surface area contributed by atoms with Crippen LogP contribution in [0.1, 0.15) is 25.3 Å². The molecule has 1 fully saturated rings. The lowest BCUT2D eigenvalue weighted by molar-refractivity contribution is -0.148. The van der Waals surface area contributed by atoms with Crippen LogP contribution in [0.5, 0.6) is 0 Å². The molecule has 1 N–H and O–H groups in total. The average Bonchev–Trinajstić information content (AvgIpc) is 3.34. The molecule has 2 rings (SSSR count). The van der Waals surface area contributed by atoms with Crippen molar-refractivity contribution < 1.29 is 18.7 Å². The molecule has 7 heteroatoms. The molecule has 0 spiro atoms. The smallest absolute Gasteiger partial charge is 0.310 e. The van der Waals surface area contributed by atoms with Crippen LogP contribution in [-0.4, -0.2) is 24.0 Å². The summed E-state index contributed by atoms with van der Waals surface area (Å²) >= 11 is 5.82. The van der Waals surface area contributed by atoms with E-state index < -0.39 is 29.8 Å². The summed E-state index contributed by atoms with van der Waals surface area (Å²) in [6.45, 7) is 1.12. The lowest BCUT2D eigenvalue weighted by Crippen LogP contribution is -2.48. The number of carbonyl (C=O) groups excluding carboxylic acids is 2. The number of esters is 1. The second-order valence-electron chi connectivity index (χ2n) is 5.67. The molecule has 1 aliphatic carbocycles. The molecule has 1 amide bonds. The van der Waals surface area contributed by atoms with Gasteiger partial charge in [-0.25, -0.2) is 4.39 Å². The van der Waals surface area contributed by atoms with E-state index in [1.807, 2.05) is 0 Å². The molecule has 122 valence electrons. The molecule has 0 radical (unpaired) electrons. The number of amides is 1. The van der Waals surface area contributed by atoms with Gasteiger partial charge in [0.1, 0.15) is 11.4 Å². The fourth-order valence-electron chi connectivity index (χ4n) is 2.25. The van der Waals surface area contributed by atoms with Crippen LogP contribution in [0.15, 0.2) is 18.2 Å². The normalized spacial score (nSPS) is 16.1. The molecule has 5 nitrogen and oxygen atoms in total. The van der Waals surface area contributed by atoms with Gasteiger partial charge in [0, 0.05) is 10.6 Å². The van der Waals surface area contributed by atoms with Crippen LogP contribution in [0, 0.1) is 23.1 Å². The van der Waals surface area contributed by atoms with Gasteiger partial charge in [-0.2, -0.15) is 5.26 Å². The first-order valence-corrected chi connectivity index (χ1v) is 7.54. The van der Waals surface area contributed by atoms with Crippen molar-refractivity contribution in [2.75, 3.05) is 6.61 Å². The zero-order valence-electron chi connectivity index (χ0n) is 12.6. The number of nitrogens with zero attached hydrogens (tertiary/aromatic N) is 1. The Balaban J connectivity index is 1.85. The first-order chi connectivity index (χ1) is 10.9. The summed E-state index contributed by atoms with van der Waals surface area (Å²) in [5.74, 6) is -1.81. The summed E-state index contributed by atoms with van der Waals surface area (Å²) in [6.07, 6.45) is 1.41. The molecule has 0 bridgehead atoms. The quantitative estimate of drug-likeness (QED) is 0.808. The summed E-state index contributed by atoms with van der Waals surface area (Å²) in [5, 5.41) is 11.8. The zero-order chi connectivity index (χ0) is 17.0. The maximum Gasteiger partial charge on any atom is 0.310 e. The number of hydrogen-bond acceptors (Lipinski definition) is 4. The predicted molar refractivity (Wildman–Crippen MR) is 81.0 cm³/mol. The third-order valence-electron chi connectivity index (χ3n) is 3.77.